The molecule has 0 aliphatic carbocycles. The zero-order valence-electron chi connectivity index (χ0n) is 9.09. The van der Waals surface area contributed by atoms with Gasteiger partial charge in [-0.2, -0.15) is 0 Å². The summed E-state index contributed by atoms with van der Waals surface area (Å²) in [5, 5.41) is 3.11. The fraction of sp³-hybridized carbons (Fsp3) is 0.364. The summed E-state index contributed by atoms with van der Waals surface area (Å²) in [7, 11) is 1.95. The highest BCUT2D eigenvalue weighted by molar-refractivity contribution is 5.60. The van der Waals surface area contributed by atoms with Crippen molar-refractivity contribution in [2.45, 2.75) is 13.3 Å². The second kappa shape index (κ2) is 4.31. The number of imidazole rings is 1. The maximum absolute atomic E-state index is 4.57. The number of nitrogens with one attached hydrogen (secondary N) is 3. The number of H-pyrrole nitrogens is 2. The minimum Gasteiger partial charge on any atom is -0.367 e. The number of aromatic nitrogens is 3. The molecule has 0 unspecified atom stereocenters. The van der Waals surface area contributed by atoms with Gasteiger partial charge in [0.1, 0.15) is 5.82 Å². The minimum absolute atomic E-state index is 0.932. The average molecular weight is 204 g/mol. The van der Waals surface area contributed by atoms with Crippen molar-refractivity contribution in [3.05, 3.63) is 30.0 Å². The molecule has 0 saturated heterocycles. The van der Waals surface area contributed by atoms with Gasteiger partial charge >= 0.3 is 0 Å². The van der Waals surface area contributed by atoms with Gasteiger partial charge in [0.2, 0.25) is 0 Å². The van der Waals surface area contributed by atoms with Crippen LogP contribution in [0.15, 0.2) is 18.5 Å². The van der Waals surface area contributed by atoms with Gasteiger partial charge < -0.3 is 15.3 Å². The third-order valence-electron chi connectivity index (χ3n) is 2.42. The third kappa shape index (κ3) is 2.10. The van der Waals surface area contributed by atoms with Gasteiger partial charge in [-0.1, -0.05) is 0 Å². The monoisotopic (exact) mass is 204 g/mol. The van der Waals surface area contributed by atoms with Crippen molar-refractivity contribution in [3.63, 3.8) is 0 Å². The molecular weight excluding hydrogens is 188 g/mol. The van der Waals surface area contributed by atoms with E-state index >= 15 is 0 Å². The summed E-state index contributed by atoms with van der Waals surface area (Å²) < 4.78 is 0. The minimum atomic E-state index is 0.932. The highest BCUT2D eigenvalue weighted by Gasteiger charge is 2.08. The van der Waals surface area contributed by atoms with Gasteiger partial charge in [-0.3, -0.25) is 0 Å². The Labute approximate surface area is 89.1 Å². The summed E-state index contributed by atoms with van der Waals surface area (Å²) in [5.41, 5.74) is 3.31. The zero-order valence-corrected chi connectivity index (χ0v) is 9.09. The van der Waals surface area contributed by atoms with Crippen LogP contribution in [-0.2, 0) is 6.42 Å². The first-order chi connectivity index (χ1) is 7.31. The lowest BCUT2D eigenvalue weighted by atomic mass is 10.2. The smallest absolute Gasteiger partial charge is 0.108 e. The standard InChI is InChI=1S/C11H16N4/c1-8-11(9-3-6-13-7-9)15-10(14-8)4-5-12-2/h3,6-7,12-13H,4-5H2,1-2H3,(H,14,15). The first-order valence-corrected chi connectivity index (χ1v) is 5.14. The predicted octanol–water partition coefficient (Wildman–Crippen LogP) is 1.48. The number of likely N-dealkylation sites (N-methyl/N-ethyl adjacent to an activating group) is 1. The summed E-state index contributed by atoms with van der Waals surface area (Å²) in [6.45, 7) is 3.00. The van der Waals surface area contributed by atoms with Crippen molar-refractivity contribution < 1.29 is 0 Å². The lowest BCUT2D eigenvalue weighted by Crippen LogP contribution is -2.11. The predicted molar refractivity (Wildman–Crippen MR) is 60.7 cm³/mol. The summed E-state index contributed by atoms with van der Waals surface area (Å²) in [4.78, 5) is 10.9. The van der Waals surface area contributed by atoms with Gasteiger partial charge in [-0.05, 0) is 20.0 Å². The fourth-order valence-corrected chi connectivity index (χ4v) is 1.64. The number of hydrogen-bond donors (Lipinski definition) is 3. The van der Waals surface area contributed by atoms with Crippen LogP contribution in [0.5, 0.6) is 0 Å². The number of aromatic amines is 2. The van der Waals surface area contributed by atoms with E-state index in [1.807, 2.05) is 25.5 Å². The molecular formula is C11H16N4. The molecule has 2 rings (SSSR count). The second-order valence-electron chi connectivity index (χ2n) is 3.61. The Morgan fingerprint density at radius 2 is 2.33 bits per heavy atom. The van der Waals surface area contributed by atoms with E-state index in [1.54, 1.807) is 0 Å². The van der Waals surface area contributed by atoms with Crippen molar-refractivity contribution in [1.29, 1.82) is 0 Å². The Morgan fingerprint density at radius 3 is 3.00 bits per heavy atom. The van der Waals surface area contributed by atoms with Crippen LogP contribution >= 0.6 is 0 Å². The molecule has 0 spiro atoms. The summed E-state index contributed by atoms with van der Waals surface area (Å²) in [5.74, 6) is 1.04. The summed E-state index contributed by atoms with van der Waals surface area (Å²) in [6, 6.07) is 2.03. The zero-order chi connectivity index (χ0) is 10.7. The molecule has 0 amide bonds. The normalized spacial score (nSPS) is 10.8. The van der Waals surface area contributed by atoms with Crippen molar-refractivity contribution >= 4 is 0 Å². The van der Waals surface area contributed by atoms with Gasteiger partial charge in [-0.15, -0.1) is 0 Å². The number of nitrogens with zero attached hydrogens (tertiary/aromatic N) is 1. The average Bonchev–Trinajstić information content (AvgIpc) is 2.83. The maximum Gasteiger partial charge on any atom is 0.108 e. The molecule has 0 saturated carbocycles. The van der Waals surface area contributed by atoms with Crippen LogP contribution in [0.4, 0.5) is 0 Å². The molecule has 0 radical (unpaired) electrons. The van der Waals surface area contributed by atoms with Crippen LogP contribution in [0, 0.1) is 6.92 Å². The highest BCUT2D eigenvalue weighted by atomic mass is 14.9. The quantitative estimate of drug-likeness (QED) is 0.706. The Kier molecular flexibility index (Phi) is 2.87. The van der Waals surface area contributed by atoms with Crippen molar-refractivity contribution in [3.8, 4) is 11.3 Å². The lowest BCUT2D eigenvalue weighted by molar-refractivity contribution is 0.763. The summed E-state index contributed by atoms with van der Waals surface area (Å²) in [6.07, 6.45) is 4.81. The molecule has 0 aliphatic heterocycles. The van der Waals surface area contributed by atoms with Gasteiger partial charge in [0.05, 0.1) is 5.69 Å². The SMILES string of the molecule is CNCCc1nc(-c2cc[nH]c2)c(C)[nH]1. The van der Waals surface area contributed by atoms with Crippen molar-refractivity contribution in [2.24, 2.45) is 0 Å². The lowest BCUT2D eigenvalue weighted by Gasteiger charge is -1.93. The van der Waals surface area contributed by atoms with Crippen LogP contribution in [0.2, 0.25) is 0 Å². The Hall–Kier alpha value is -1.55. The van der Waals surface area contributed by atoms with E-state index < -0.39 is 0 Å². The van der Waals surface area contributed by atoms with E-state index in [4.69, 9.17) is 0 Å². The molecule has 15 heavy (non-hydrogen) atoms. The van der Waals surface area contributed by atoms with Gasteiger partial charge in [0.25, 0.3) is 0 Å². The van der Waals surface area contributed by atoms with Crippen LogP contribution in [0.1, 0.15) is 11.5 Å². The number of hydrogen-bond acceptors (Lipinski definition) is 2. The van der Waals surface area contributed by atoms with E-state index in [1.165, 1.54) is 0 Å². The molecule has 4 nitrogen and oxygen atoms in total. The Balaban J connectivity index is 2.22. The van der Waals surface area contributed by atoms with Gasteiger partial charge in [-0.25, -0.2) is 4.98 Å². The molecule has 2 aromatic heterocycles. The molecule has 4 heteroatoms. The largest absolute Gasteiger partial charge is 0.367 e. The van der Waals surface area contributed by atoms with E-state index in [2.05, 4.69) is 27.2 Å². The molecule has 2 aromatic rings. The number of aryl methyl sites for hydroxylation is 1. The first kappa shape index (κ1) is 9.98. The van der Waals surface area contributed by atoms with Crippen LogP contribution in [0.3, 0.4) is 0 Å². The Bertz CT molecular complexity index is 414. The van der Waals surface area contributed by atoms with Crippen molar-refractivity contribution in [2.75, 3.05) is 13.6 Å². The van der Waals surface area contributed by atoms with Crippen molar-refractivity contribution in [1.82, 2.24) is 20.3 Å². The van der Waals surface area contributed by atoms with Crippen LogP contribution < -0.4 is 5.32 Å². The maximum atomic E-state index is 4.57. The van der Waals surface area contributed by atoms with E-state index in [9.17, 15) is 0 Å². The topological polar surface area (TPSA) is 56.5 Å². The number of rotatable bonds is 4. The van der Waals surface area contributed by atoms with E-state index in [0.29, 0.717) is 0 Å². The van der Waals surface area contributed by atoms with Gasteiger partial charge in [0.15, 0.2) is 0 Å². The fourth-order valence-electron chi connectivity index (χ4n) is 1.64. The Morgan fingerprint density at radius 1 is 1.47 bits per heavy atom. The third-order valence-corrected chi connectivity index (χ3v) is 2.42. The molecule has 0 atom stereocenters. The molecule has 0 fully saturated rings. The van der Waals surface area contributed by atoms with Crippen LogP contribution in [-0.4, -0.2) is 28.5 Å². The first-order valence-electron chi connectivity index (χ1n) is 5.14. The second-order valence-corrected chi connectivity index (χ2v) is 3.61. The molecule has 3 N–H and O–H groups in total. The molecule has 80 valence electrons. The molecule has 0 aliphatic rings. The van der Waals surface area contributed by atoms with Crippen LogP contribution in [0.25, 0.3) is 11.3 Å². The molecule has 0 aromatic carbocycles. The molecule has 0 bridgehead atoms. The molecule has 2 heterocycles. The van der Waals surface area contributed by atoms with Gasteiger partial charge in [0, 0.05) is 36.6 Å². The highest BCUT2D eigenvalue weighted by Crippen LogP contribution is 2.20. The van der Waals surface area contributed by atoms with E-state index in [-0.39, 0.29) is 0 Å². The summed E-state index contributed by atoms with van der Waals surface area (Å²) >= 11 is 0. The van der Waals surface area contributed by atoms with E-state index in [0.717, 1.165) is 35.7 Å².